The van der Waals surface area contributed by atoms with Gasteiger partial charge in [-0.1, -0.05) is 43.8 Å². The Kier molecular flexibility index (Phi) is 7.18. The van der Waals surface area contributed by atoms with Crippen LogP contribution in [0.2, 0.25) is 0 Å². The molecule has 8 heteroatoms. The average molecular weight is 472 g/mol. The van der Waals surface area contributed by atoms with Gasteiger partial charge in [0.05, 0.1) is 5.25 Å². The first-order valence-corrected chi connectivity index (χ1v) is 11.8. The molecule has 1 unspecified atom stereocenters. The first-order valence-electron chi connectivity index (χ1n) is 11.0. The third-order valence-electron chi connectivity index (χ3n) is 5.20. The molecule has 0 radical (unpaired) electrons. The molecule has 1 N–H and O–H groups in total. The zero-order valence-corrected chi connectivity index (χ0v) is 20.0. The standard InChI is InChI=1S/C26H25N5O2S/c1-17(2)25(33)28-21-11-9-19(10-12-21)23(32)18(3)34-26-30-29-24(20-13-15-27-16-14-20)31(26)22-7-5-4-6-8-22/h4-18H,1-3H3,(H,28,33). The molecular weight excluding hydrogens is 446 g/mol. The molecule has 2 heterocycles. The van der Waals surface area contributed by atoms with Gasteiger partial charge in [-0.2, -0.15) is 0 Å². The van der Waals surface area contributed by atoms with E-state index in [1.807, 2.05) is 67.8 Å². The lowest BCUT2D eigenvalue weighted by Crippen LogP contribution is -2.18. The highest BCUT2D eigenvalue weighted by molar-refractivity contribution is 8.00. The van der Waals surface area contributed by atoms with Crippen LogP contribution in [0.4, 0.5) is 5.69 Å². The fourth-order valence-electron chi connectivity index (χ4n) is 3.29. The molecular formula is C26H25N5O2S. The zero-order valence-electron chi connectivity index (χ0n) is 19.2. The molecule has 0 aliphatic heterocycles. The van der Waals surface area contributed by atoms with Crippen molar-refractivity contribution in [2.75, 3.05) is 5.32 Å². The van der Waals surface area contributed by atoms with E-state index in [1.165, 1.54) is 11.8 Å². The molecule has 0 saturated carbocycles. The van der Waals surface area contributed by atoms with Crippen molar-refractivity contribution < 1.29 is 9.59 Å². The van der Waals surface area contributed by atoms with Gasteiger partial charge in [0, 0.05) is 40.8 Å². The average Bonchev–Trinajstić information content (AvgIpc) is 3.28. The number of hydrogen-bond acceptors (Lipinski definition) is 6. The SMILES string of the molecule is CC(C)C(=O)Nc1ccc(C(=O)C(C)Sc2nnc(-c3ccncc3)n2-c2ccccc2)cc1. The Morgan fingerprint density at radius 1 is 0.882 bits per heavy atom. The highest BCUT2D eigenvalue weighted by Crippen LogP contribution is 2.31. The van der Waals surface area contributed by atoms with Crippen LogP contribution < -0.4 is 5.32 Å². The number of pyridine rings is 1. The molecule has 0 fully saturated rings. The first-order chi connectivity index (χ1) is 16.4. The summed E-state index contributed by atoms with van der Waals surface area (Å²) in [4.78, 5) is 29.1. The Morgan fingerprint density at radius 2 is 1.56 bits per heavy atom. The van der Waals surface area contributed by atoms with Gasteiger partial charge in [-0.3, -0.25) is 19.1 Å². The second-order valence-corrected chi connectivity index (χ2v) is 9.37. The predicted octanol–water partition coefficient (Wildman–Crippen LogP) is 5.29. The lowest BCUT2D eigenvalue weighted by atomic mass is 10.1. The lowest BCUT2D eigenvalue weighted by molar-refractivity contribution is -0.118. The van der Waals surface area contributed by atoms with Gasteiger partial charge >= 0.3 is 0 Å². The second-order valence-electron chi connectivity index (χ2n) is 8.06. The number of para-hydroxylation sites is 1. The Labute approximate surface area is 202 Å². The number of carbonyl (C=O) groups is 2. The Bertz CT molecular complexity index is 1270. The summed E-state index contributed by atoms with van der Waals surface area (Å²) < 4.78 is 1.95. The fourth-order valence-corrected chi connectivity index (χ4v) is 4.24. The maximum absolute atomic E-state index is 13.1. The third-order valence-corrected chi connectivity index (χ3v) is 6.24. The predicted molar refractivity (Wildman–Crippen MR) is 134 cm³/mol. The zero-order chi connectivity index (χ0) is 24.1. The Balaban J connectivity index is 1.57. The van der Waals surface area contributed by atoms with E-state index in [2.05, 4.69) is 20.5 Å². The highest BCUT2D eigenvalue weighted by Gasteiger charge is 2.23. The van der Waals surface area contributed by atoms with Crippen LogP contribution in [0.1, 0.15) is 31.1 Å². The lowest BCUT2D eigenvalue weighted by Gasteiger charge is -2.14. The quantitative estimate of drug-likeness (QED) is 0.277. The van der Waals surface area contributed by atoms with Crippen molar-refractivity contribution in [3.8, 4) is 17.1 Å². The van der Waals surface area contributed by atoms with Crippen LogP contribution in [0.5, 0.6) is 0 Å². The minimum atomic E-state index is -0.395. The van der Waals surface area contributed by atoms with Gasteiger partial charge in [0.25, 0.3) is 0 Å². The Hall–Kier alpha value is -3.78. The van der Waals surface area contributed by atoms with Gasteiger partial charge in [0.1, 0.15) is 0 Å². The van der Waals surface area contributed by atoms with E-state index in [1.54, 1.807) is 36.7 Å². The Morgan fingerprint density at radius 3 is 2.21 bits per heavy atom. The van der Waals surface area contributed by atoms with Crippen LogP contribution in [0.15, 0.2) is 84.3 Å². The molecule has 7 nitrogen and oxygen atoms in total. The van der Waals surface area contributed by atoms with E-state index < -0.39 is 5.25 Å². The number of Topliss-reactive ketones (excluding diaryl/α,β-unsaturated/α-hetero) is 1. The molecule has 0 aliphatic carbocycles. The number of nitrogens with zero attached hydrogens (tertiary/aromatic N) is 4. The minimum Gasteiger partial charge on any atom is -0.326 e. The van der Waals surface area contributed by atoms with Crippen molar-refractivity contribution in [3.05, 3.63) is 84.7 Å². The summed E-state index contributed by atoms with van der Waals surface area (Å²) >= 11 is 1.36. The van der Waals surface area contributed by atoms with Crippen molar-refractivity contribution in [2.45, 2.75) is 31.2 Å². The van der Waals surface area contributed by atoms with E-state index in [9.17, 15) is 9.59 Å². The van der Waals surface area contributed by atoms with Crippen molar-refractivity contribution in [2.24, 2.45) is 5.92 Å². The number of aromatic nitrogens is 4. The van der Waals surface area contributed by atoms with E-state index in [0.717, 1.165) is 11.3 Å². The maximum atomic E-state index is 13.1. The van der Waals surface area contributed by atoms with Gasteiger partial charge < -0.3 is 5.32 Å². The minimum absolute atomic E-state index is 0.0280. The van der Waals surface area contributed by atoms with Crippen LogP contribution in [0, 0.1) is 5.92 Å². The summed E-state index contributed by atoms with van der Waals surface area (Å²) in [6.45, 7) is 5.53. The normalized spacial score (nSPS) is 11.9. The fraction of sp³-hybridized carbons (Fsp3) is 0.192. The molecule has 0 saturated heterocycles. The molecule has 1 atom stereocenters. The number of ketones is 1. The molecule has 0 spiro atoms. The molecule has 2 aromatic carbocycles. The number of amides is 1. The molecule has 4 rings (SSSR count). The summed E-state index contributed by atoms with van der Waals surface area (Å²) in [6.07, 6.45) is 3.43. The van der Waals surface area contributed by atoms with Crippen LogP contribution in [0.3, 0.4) is 0 Å². The van der Waals surface area contributed by atoms with Gasteiger partial charge in [-0.15, -0.1) is 10.2 Å². The van der Waals surface area contributed by atoms with E-state index in [-0.39, 0.29) is 17.6 Å². The van der Waals surface area contributed by atoms with Crippen LogP contribution >= 0.6 is 11.8 Å². The number of carbonyl (C=O) groups excluding carboxylic acids is 2. The summed E-state index contributed by atoms with van der Waals surface area (Å²) in [5.41, 5.74) is 3.03. The number of thioether (sulfide) groups is 1. The second kappa shape index (κ2) is 10.4. The number of benzene rings is 2. The highest BCUT2D eigenvalue weighted by atomic mass is 32.2. The van der Waals surface area contributed by atoms with Gasteiger partial charge in [0.2, 0.25) is 5.91 Å². The summed E-state index contributed by atoms with van der Waals surface area (Å²) in [5, 5.41) is 11.9. The van der Waals surface area contributed by atoms with Gasteiger partial charge in [-0.05, 0) is 55.5 Å². The van der Waals surface area contributed by atoms with Crippen molar-refractivity contribution in [1.82, 2.24) is 19.7 Å². The van der Waals surface area contributed by atoms with Crippen molar-refractivity contribution in [1.29, 1.82) is 0 Å². The topological polar surface area (TPSA) is 89.8 Å². The van der Waals surface area contributed by atoms with Crippen molar-refractivity contribution in [3.63, 3.8) is 0 Å². The molecule has 34 heavy (non-hydrogen) atoms. The number of anilines is 1. The van der Waals surface area contributed by atoms with Gasteiger partial charge in [-0.25, -0.2) is 0 Å². The molecule has 172 valence electrons. The van der Waals surface area contributed by atoms with E-state index in [4.69, 9.17) is 0 Å². The van der Waals surface area contributed by atoms with Crippen LogP contribution in [0.25, 0.3) is 17.1 Å². The molecule has 0 aliphatic rings. The number of hydrogen-bond donors (Lipinski definition) is 1. The maximum Gasteiger partial charge on any atom is 0.226 e. The van der Waals surface area contributed by atoms with Crippen LogP contribution in [-0.2, 0) is 4.79 Å². The number of rotatable bonds is 8. The van der Waals surface area contributed by atoms with Crippen LogP contribution in [-0.4, -0.2) is 36.7 Å². The van der Waals surface area contributed by atoms with Crippen molar-refractivity contribution >= 4 is 29.1 Å². The molecule has 1 amide bonds. The molecule has 2 aromatic heterocycles. The third kappa shape index (κ3) is 5.23. The number of nitrogens with one attached hydrogen (secondary N) is 1. The van der Waals surface area contributed by atoms with E-state index >= 15 is 0 Å². The summed E-state index contributed by atoms with van der Waals surface area (Å²) in [5.74, 6) is 0.478. The summed E-state index contributed by atoms with van der Waals surface area (Å²) in [7, 11) is 0. The first kappa shape index (κ1) is 23.4. The smallest absolute Gasteiger partial charge is 0.226 e. The monoisotopic (exact) mass is 471 g/mol. The van der Waals surface area contributed by atoms with Gasteiger partial charge in [0.15, 0.2) is 16.8 Å². The van der Waals surface area contributed by atoms with E-state index in [0.29, 0.717) is 22.2 Å². The molecule has 4 aromatic rings. The summed E-state index contributed by atoms with van der Waals surface area (Å²) in [6, 6.07) is 20.5. The largest absolute Gasteiger partial charge is 0.326 e. The molecule has 0 bridgehead atoms.